The van der Waals surface area contributed by atoms with Gasteiger partial charge in [-0.3, -0.25) is 9.59 Å². The van der Waals surface area contributed by atoms with Crippen LogP contribution in [-0.2, 0) is 20.4 Å². The number of aryl methyl sites for hydroxylation is 2. The summed E-state index contributed by atoms with van der Waals surface area (Å²) in [6.45, 7) is 23.8. The van der Waals surface area contributed by atoms with Crippen LogP contribution in [0.5, 0.6) is 0 Å². The normalized spacial score (nSPS) is 18.2. The minimum absolute atomic E-state index is 0.0234. The molecule has 4 aromatic carbocycles. The minimum atomic E-state index is -0.213. The number of carbonyl (C=O) groups excluding carboxylic acids is 2. The van der Waals surface area contributed by atoms with Crippen molar-refractivity contribution in [3.63, 3.8) is 0 Å². The first-order valence-electron chi connectivity index (χ1n) is 22.4. The molecule has 58 heavy (non-hydrogen) atoms. The lowest BCUT2D eigenvalue weighted by atomic mass is 9.81. The lowest BCUT2D eigenvalue weighted by Gasteiger charge is -2.30. The number of rotatable bonds is 14. The molecule has 0 aromatic heterocycles. The summed E-state index contributed by atoms with van der Waals surface area (Å²) in [4.78, 5) is 35.0. The van der Waals surface area contributed by atoms with Crippen molar-refractivity contribution in [1.82, 2.24) is 9.80 Å². The van der Waals surface area contributed by atoms with Gasteiger partial charge in [0.15, 0.2) is 0 Å². The Morgan fingerprint density at radius 3 is 1.19 bits per heavy atom. The lowest BCUT2D eigenvalue weighted by Crippen LogP contribution is -2.35. The van der Waals surface area contributed by atoms with Gasteiger partial charge in [-0.05, 0) is 106 Å². The second-order valence-electron chi connectivity index (χ2n) is 19.0. The monoisotopic (exact) mass is 772 g/mol. The molecule has 0 fully saturated rings. The van der Waals surface area contributed by atoms with Gasteiger partial charge in [0, 0.05) is 23.9 Å². The molecular formula is C54H64N2O2. The van der Waals surface area contributed by atoms with Crippen LogP contribution < -0.4 is 0 Å². The van der Waals surface area contributed by atoms with Crippen molar-refractivity contribution in [3.8, 4) is 22.3 Å². The third-order valence-corrected chi connectivity index (χ3v) is 14.4. The van der Waals surface area contributed by atoms with Crippen LogP contribution in [0, 0.1) is 25.7 Å². The van der Waals surface area contributed by atoms with Gasteiger partial charge in [-0.2, -0.15) is 0 Å². The van der Waals surface area contributed by atoms with Crippen LogP contribution in [0.2, 0.25) is 0 Å². The highest BCUT2D eigenvalue weighted by Crippen LogP contribution is 2.54. The molecule has 2 heterocycles. The number of hydrogen-bond donors (Lipinski definition) is 0. The van der Waals surface area contributed by atoms with Gasteiger partial charge in [-0.15, -0.1) is 0 Å². The molecule has 2 unspecified atom stereocenters. The fraction of sp³-hybridized carbons (Fsp3) is 0.444. The van der Waals surface area contributed by atoms with E-state index in [1.165, 1.54) is 55.6 Å². The number of nitrogens with zero attached hydrogens (tertiary/aromatic N) is 2. The molecule has 8 rings (SSSR count). The first-order valence-corrected chi connectivity index (χ1v) is 22.4. The molecule has 4 aliphatic rings. The predicted molar refractivity (Wildman–Crippen MR) is 241 cm³/mol. The van der Waals surface area contributed by atoms with Crippen LogP contribution in [-0.4, -0.2) is 34.7 Å². The number of benzene rings is 4. The molecule has 0 saturated carbocycles. The fourth-order valence-corrected chi connectivity index (χ4v) is 10.7. The van der Waals surface area contributed by atoms with Crippen molar-refractivity contribution in [1.29, 1.82) is 0 Å². The summed E-state index contributed by atoms with van der Waals surface area (Å²) < 4.78 is 0. The van der Waals surface area contributed by atoms with Crippen LogP contribution in [0.4, 0.5) is 0 Å². The van der Waals surface area contributed by atoms with Gasteiger partial charge < -0.3 is 9.80 Å². The highest BCUT2D eigenvalue weighted by Gasteiger charge is 2.50. The van der Waals surface area contributed by atoms with Gasteiger partial charge in [0.1, 0.15) is 0 Å². The molecule has 2 aliphatic heterocycles. The Balaban J connectivity index is 1.35. The molecule has 0 bridgehead atoms. The molecule has 0 N–H and O–H groups in total. The second-order valence-corrected chi connectivity index (χ2v) is 19.0. The third kappa shape index (κ3) is 6.32. The smallest absolute Gasteiger partial charge is 0.261 e. The number of fused-ring (bicyclic) bond motifs is 7. The summed E-state index contributed by atoms with van der Waals surface area (Å²) in [6, 6.07) is 27.1. The molecule has 0 radical (unpaired) electrons. The minimum Gasteiger partial charge on any atom is -0.307 e. The zero-order valence-corrected chi connectivity index (χ0v) is 36.9. The van der Waals surface area contributed by atoms with E-state index in [-0.39, 0.29) is 22.6 Å². The highest BCUT2D eigenvalue weighted by atomic mass is 16.2. The molecule has 0 saturated heterocycles. The van der Waals surface area contributed by atoms with Gasteiger partial charge >= 0.3 is 0 Å². The Hall–Kier alpha value is -4.70. The van der Waals surface area contributed by atoms with Crippen LogP contribution in [0.3, 0.4) is 0 Å². The van der Waals surface area contributed by atoms with Crippen molar-refractivity contribution >= 4 is 23.2 Å². The Bertz CT molecular complexity index is 2220. The number of unbranched alkanes of at least 4 members (excludes halogenated alkanes) is 2. The third-order valence-electron chi connectivity index (χ3n) is 14.4. The van der Waals surface area contributed by atoms with Gasteiger partial charge in [-0.25, -0.2) is 0 Å². The summed E-state index contributed by atoms with van der Waals surface area (Å²) >= 11 is 0. The van der Waals surface area contributed by atoms with E-state index in [1.807, 2.05) is 9.80 Å². The maximum absolute atomic E-state index is 15.5. The van der Waals surface area contributed by atoms with Crippen molar-refractivity contribution in [2.75, 3.05) is 13.1 Å². The molecule has 4 heteroatoms. The molecular weight excluding hydrogens is 709 g/mol. The summed E-state index contributed by atoms with van der Waals surface area (Å²) in [7, 11) is 0. The van der Waals surface area contributed by atoms with E-state index in [4.69, 9.17) is 0 Å². The van der Waals surface area contributed by atoms with Gasteiger partial charge in [0.05, 0.1) is 22.5 Å². The van der Waals surface area contributed by atoms with Gasteiger partial charge in [0.2, 0.25) is 0 Å². The largest absolute Gasteiger partial charge is 0.307 e. The molecule has 4 aromatic rings. The summed E-state index contributed by atoms with van der Waals surface area (Å²) in [5, 5.41) is 0. The van der Waals surface area contributed by atoms with Gasteiger partial charge in [0.25, 0.3) is 11.8 Å². The topological polar surface area (TPSA) is 40.6 Å². The zero-order chi connectivity index (χ0) is 41.3. The Morgan fingerprint density at radius 1 is 0.500 bits per heavy atom. The maximum atomic E-state index is 15.5. The van der Waals surface area contributed by atoms with E-state index in [2.05, 4.69) is 142 Å². The fourth-order valence-electron chi connectivity index (χ4n) is 10.7. The van der Waals surface area contributed by atoms with Gasteiger partial charge in [-0.1, -0.05) is 166 Å². The van der Waals surface area contributed by atoms with E-state index in [0.717, 1.165) is 73.9 Å². The highest BCUT2D eigenvalue weighted by molar-refractivity contribution is 6.30. The number of amides is 2. The zero-order valence-electron chi connectivity index (χ0n) is 36.9. The summed E-state index contributed by atoms with van der Waals surface area (Å²) in [6.07, 6.45) is 8.59. The van der Waals surface area contributed by atoms with Crippen LogP contribution in [0.1, 0.15) is 151 Å². The second kappa shape index (κ2) is 15.2. The quantitative estimate of drug-likeness (QED) is 0.128. The SMILES string of the molecule is CCCCC(CC)CN1C(=O)C2=C(c3ccc4c(c3)C(C)(C)c3cc(C)ccc3-4)N(CC(CC)CCCC)C(=O)C2=C1c1ccc2c(c1)C(C)(C)c1cc(C)ccc1-2. The molecule has 4 nitrogen and oxygen atoms in total. The predicted octanol–water partition coefficient (Wildman–Crippen LogP) is 13.2. The van der Waals surface area contributed by atoms with Crippen molar-refractivity contribution in [2.45, 2.75) is 131 Å². The first kappa shape index (κ1) is 40.1. The average molecular weight is 773 g/mol. The molecule has 2 aliphatic carbocycles. The standard InChI is InChI=1S/C54H64N2O2/c1-11-15-17-35(13-3)31-55-49(37-21-25-41-39-23-19-33(5)27-43(39)53(7,8)45(41)29-37)47-48(51(55)57)50(56(52(47)58)32-36(14-4)18-16-12-2)38-22-26-42-40-24-20-34(6)28-44(40)54(9,10)46(42)30-38/h19-30,35-36H,11-18,31-32H2,1-10H3. The number of hydrogen-bond acceptors (Lipinski definition) is 2. The van der Waals surface area contributed by atoms with Crippen molar-refractivity contribution in [3.05, 3.63) is 128 Å². The van der Waals surface area contributed by atoms with Crippen molar-refractivity contribution < 1.29 is 9.59 Å². The maximum Gasteiger partial charge on any atom is 0.261 e. The van der Waals surface area contributed by atoms with E-state index in [1.54, 1.807) is 0 Å². The molecule has 2 amide bonds. The van der Waals surface area contributed by atoms with E-state index >= 15 is 9.59 Å². The number of carbonyl (C=O) groups is 2. The van der Waals surface area contributed by atoms with E-state index in [0.29, 0.717) is 36.1 Å². The van der Waals surface area contributed by atoms with Crippen LogP contribution >= 0.6 is 0 Å². The molecule has 302 valence electrons. The molecule has 2 atom stereocenters. The Kier molecular flexibility index (Phi) is 10.5. The van der Waals surface area contributed by atoms with Crippen LogP contribution in [0.15, 0.2) is 83.9 Å². The Labute approximate surface area is 348 Å². The van der Waals surface area contributed by atoms with Crippen molar-refractivity contribution in [2.24, 2.45) is 11.8 Å². The Morgan fingerprint density at radius 2 is 0.845 bits per heavy atom. The summed E-state index contributed by atoms with van der Waals surface area (Å²) in [5.74, 6) is 0.635. The average Bonchev–Trinajstić information content (AvgIpc) is 3.81. The molecule has 0 spiro atoms. The first-order chi connectivity index (χ1) is 27.8. The summed E-state index contributed by atoms with van der Waals surface area (Å²) in [5.41, 5.74) is 17.0. The van der Waals surface area contributed by atoms with Crippen LogP contribution in [0.25, 0.3) is 33.6 Å². The van der Waals surface area contributed by atoms with E-state index < -0.39 is 0 Å². The van der Waals surface area contributed by atoms with E-state index in [9.17, 15) is 0 Å². The lowest BCUT2D eigenvalue weighted by molar-refractivity contribution is -0.124.